The van der Waals surface area contributed by atoms with E-state index < -0.39 is 0 Å². The smallest absolute Gasteiger partial charge is 0.230 e. The minimum absolute atomic E-state index is 0.0753. The number of nitrogens with one attached hydrogen (secondary N) is 1. The van der Waals surface area contributed by atoms with Crippen molar-refractivity contribution < 1.29 is 4.79 Å². The van der Waals surface area contributed by atoms with Crippen LogP contribution in [0, 0.1) is 0 Å². The van der Waals surface area contributed by atoms with E-state index in [4.69, 9.17) is 11.6 Å². The molecule has 1 aliphatic rings. The second-order valence-electron chi connectivity index (χ2n) is 5.63. The third-order valence-electron chi connectivity index (χ3n) is 3.92. The Morgan fingerprint density at radius 1 is 1.18 bits per heavy atom. The van der Waals surface area contributed by atoms with Crippen molar-refractivity contribution in [1.29, 1.82) is 0 Å². The van der Waals surface area contributed by atoms with E-state index in [9.17, 15) is 4.79 Å². The minimum atomic E-state index is -0.0753. The maximum atomic E-state index is 12.0. The van der Waals surface area contributed by atoms with Crippen molar-refractivity contribution in [1.82, 2.24) is 10.2 Å². The zero-order valence-electron chi connectivity index (χ0n) is 12.2. The van der Waals surface area contributed by atoms with Gasteiger partial charge in [0, 0.05) is 10.9 Å². The highest BCUT2D eigenvalue weighted by Crippen LogP contribution is 2.35. The highest BCUT2D eigenvalue weighted by atomic mass is 35.5. The molecule has 0 radical (unpaired) electrons. The number of aromatic nitrogens is 2. The van der Waals surface area contributed by atoms with Crippen LogP contribution in [0.2, 0.25) is 5.02 Å². The van der Waals surface area contributed by atoms with Crippen LogP contribution in [-0.4, -0.2) is 16.1 Å². The Bertz CT molecular complexity index is 635. The summed E-state index contributed by atoms with van der Waals surface area (Å²) in [5, 5.41) is 13.5. The van der Waals surface area contributed by atoms with Crippen LogP contribution in [0.15, 0.2) is 24.3 Å². The Kier molecular flexibility index (Phi) is 5.05. The number of hydrogen-bond donors (Lipinski definition) is 1. The molecule has 1 N–H and O–H groups in total. The number of amides is 1. The van der Waals surface area contributed by atoms with Crippen LogP contribution in [-0.2, 0) is 11.2 Å². The molecule has 22 heavy (non-hydrogen) atoms. The van der Waals surface area contributed by atoms with Crippen molar-refractivity contribution >= 4 is 34.0 Å². The molecule has 1 heterocycles. The van der Waals surface area contributed by atoms with Crippen LogP contribution >= 0.6 is 22.9 Å². The molecule has 0 atom stereocenters. The lowest BCUT2D eigenvalue weighted by atomic mass is 9.90. The molecule has 1 aliphatic carbocycles. The number of hydrogen-bond acceptors (Lipinski definition) is 4. The second-order valence-corrected chi connectivity index (χ2v) is 7.08. The quantitative estimate of drug-likeness (QED) is 0.899. The van der Waals surface area contributed by atoms with Gasteiger partial charge in [0.2, 0.25) is 11.0 Å². The molecule has 0 spiro atoms. The maximum absolute atomic E-state index is 12.0. The van der Waals surface area contributed by atoms with Crippen LogP contribution in [0.4, 0.5) is 5.13 Å². The van der Waals surface area contributed by atoms with Crippen molar-refractivity contribution in [3.8, 4) is 0 Å². The predicted octanol–water partition coefficient (Wildman–Crippen LogP) is 4.42. The van der Waals surface area contributed by atoms with Crippen LogP contribution in [0.5, 0.6) is 0 Å². The highest BCUT2D eigenvalue weighted by Gasteiger charge is 2.20. The Labute approximate surface area is 138 Å². The van der Waals surface area contributed by atoms with E-state index in [0.717, 1.165) is 10.6 Å². The van der Waals surface area contributed by atoms with Gasteiger partial charge in [0.15, 0.2) is 0 Å². The Hall–Kier alpha value is -1.46. The third kappa shape index (κ3) is 4.05. The van der Waals surface area contributed by atoms with E-state index in [0.29, 0.717) is 22.5 Å². The van der Waals surface area contributed by atoms with Gasteiger partial charge >= 0.3 is 0 Å². The van der Waals surface area contributed by atoms with Crippen LogP contribution in [0.25, 0.3) is 0 Å². The number of nitrogens with zero attached hydrogens (tertiary/aromatic N) is 2. The second kappa shape index (κ2) is 7.20. The zero-order chi connectivity index (χ0) is 15.4. The first-order valence-electron chi connectivity index (χ1n) is 7.58. The summed E-state index contributed by atoms with van der Waals surface area (Å²) in [7, 11) is 0. The Morgan fingerprint density at radius 3 is 2.64 bits per heavy atom. The van der Waals surface area contributed by atoms with Crippen LogP contribution in [0.1, 0.15) is 48.6 Å². The summed E-state index contributed by atoms with van der Waals surface area (Å²) in [6.45, 7) is 0. The van der Waals surface area contributed by atoms with Gasteiger partial charge in [-0.25, -0.2) is 0 Å². The first-order chi connectivity index (χ1) is 10.7. The SMILES string of the molecule is O=C(Cc1ccc(Cl)cc1)Nc1nnc(C2CCCCC2)s1. The van der Waals surface area contributed by atoms with E-state index in [2.05, 4.69) is 15.5 Å². The summed E-state index contributed by atoms with van der Waals surface area (Å²) in [6, 6.07) is 7.29. The average Bonchev–Trinajstić information content (AvgIpc) is 2.99. The van der Waals surface area contributed by atoms with E-state index in [1.54, 1.807) is 12.1 Å². The van der Waals surface area contributed by atoms with Crippen LogP contribution in [0.3, 0.4) is 0 Å². The number of rotatable bonds is 4. The Morgan fingerprint density at radius 2 is 1.91 bits per heavy atom. The fourth-order valence-electron chi connectivity index (χ4n) is 2.75. The number of benzene rings is 1. The van der Waals surface area contributed by atoms with Gasteiger partial charge in [-0.15, -0.1) is 10.2 Å². The van der Waals surface area contributed by atoms with Crippen molar-refractivity contribution in [2.45, 2.75) is 44.4 Å². The molecule has 1 aromatic heterocycles. The summed E-state index contributed by atoms with van der Waals surface area (Å²) in [5.74, 6) is 0.446. The molecule has 1 aromatic carbocycles. The predicted molar refractivity (Wildman–Crippen MR) is 89.5 cm³/mol. The van der Waals surface area contributed by atoms with Crippen molar-refractivity contribution in [2.75, 3.05) is 5.32 Å². The fourth-order valence-corrected chi connectivity index (χ4v) is 3.81. The molecule has 0 saturated heterocycles. The molecule has 6 heteroatoms. The van der Waals surface area contributed by atoms with E-state index >= 15 is 0 Å². The molecule has 2 aromatic rings. The summed E-state index contributed by atoms with van der Waals surface area (Å²) in [5.41, 5.74) is 0.930. The highest BCUT2D eigenvalue weighted by molar-refractivity contribution is 7.15. The standard InChI is InChI=1S/C16H18ClN3OS/c17-13-8-6-11(7-9-13)10-14(21)18-16-20-19-15(22-16)12-4-2-1-3-5-12/h6-9,12H,1-5,10H2,(H,18,20,21). The zero-order valence-corrected chi connectivity index (χ0v) is 13.8. The topological polar surface area (TPSA) is 54.9 Å². The van der Waals surface area contributed by atoms with Crippen molar-refractivity contribution in [3.05, 3.63) is 39.9 Å². The maximum Gasteiger partial charge on any atom is 0.230 e. The van der Waals surface area contributed by atoms with Gasteiger partial charge in [-0.3, -0.25) is 4.79 Å². The summed E-state index contributed by atoms with van der Waals surface area (Å²) in [4.78, 5) is 12.0. The summed E-state index contributed by atoms with van der Waals surface area (Å²) < 4.78 is 0. The van der Waals surface area contributed by atoms with Gasteiger partial charge in [0.1, 0.15) is 5.01 Å². The van der Waals surface area contributed by atoms with E-state index in [-0.39, 0.29) is 5.91 Å². The number of anilines is 1. The average molecular weight is 336 g/mol. The Balaban J connectivity index is 1.57. The molecule has 1 amide bonds. The molecule has 116 valence electrons. The van der Waals surface area contributed by atoms with E-state index in [1.807, 2.05) is 12.1 Å². The normalized spacial score (nSPS) is 15.7. The largest absolute Gasteiger partial charge is 0.300 e. The number of carbonyl (C=O) groups is 1. The molecule has 1 fully saturated rings. The molecule has 4 nitrogen and oxygen atoms in total. The third-order valence-corrected chi connectivity index (χ3v) is 5.17. The fraction of sp³-hybridized carbons (Fsp3) is 0.438. The molecular formula is C16H18ClN3OS. The van der Waals surface area contributed by atoms with Gasteiger partial charge in [-0.2, -0.15) is 0 Å². The molecule has 0 aliphatic heterocycles. The van der Waals surface area contributed by atoms with Crippen molar-refractivity contribution in [2.24, 2.45) is 0 Å². The lowest BCUT2D eigenvalue weighted by molar-refractivity contribution is -0.115. The minimum Gasteiger partial charge on any atom is -0.300 e. The first kappa shape index (κ1) is 15.4. The molecule has 0 bridgehead atoms. The lowest BCUT2D eigenvalue weighted by Gasteiger charge is -2.18. The van der Waals surface area contributed by atoms with Gasteiger partial charge in [0.05, 0.1) is 6.42 Å². The molecule has 0 unspecified atom stereocenters. The van der Waals surface area contributed by atoms with Gasteiger partial charge in [-0.05, 0) is 30.5 Å². The molecular weight excluding hydrogens is 318 g/mol. The van der Waals surface area contributed by atoms with Gasteiger partial charge < -0.3 is 5.32 Å². The van der Waals surface area contributed by atoms with Gasteiger partial charge in [-0.1, -0.05) is 54.3 Å². The molecule has 1 saturated carbocycles. The van der Waals surface area contributed by atoms with Crippen molar-refractivity contribution in [3.63, 3.8) is 0 Å². The number of halogens is 1. The van der Waals surface area contributed by atoms with E-state index in [1.165, 1.54) is 43.4 Å². The molecule has 3 rings (SSSR count). The lowest BCUT2D eigenvalue weighted by Crippen LogP contribution is -2.14. The summed E-state index contributed by atoms with van der Waals surface area (Å²) in [6.07, 6.45) is 6.54. The van der Waals surface area contributed by atoms with Crippen LogP contribution < -0.4 is 5.32 Å². The first-order valence-corrected chi connectivity index (χ1v) is 8.78. The monoisotopic (exact) mass is 335 g/mol. The van der Waals surface area contributed by atoms with Gasteiger partial charge in [0.25, 0.3) is 0 Å². The summed E-state index contributed by atoms with van der Waals surface area (Å²) >= 11 is 7.34. The number of carbonyl (C=O) groups excluding carboxylic acids is 1.